The highest BCUT2D eigenvalue weighted by molar-refractivity contribution is 6.31. The molecule has 4 rings (SSSR count). The van der Waals surface area contributed by atoms with E-state index in [2.05, 4.69) is 20.2 Å². The molecule has 0 spiro atoms. The van der Waals surface area contributed by atoms with Crippen molar-refractivity contribution in [1.29, 1.82) is 0 Å². The summed E-state index contributed by atoms with van der Waals surface area (Å²) in [6, 6.07) is 5.07. The van der Waals surface area contributed by atoms with Crippen molar-refractivity contribution in [2.45, 2.75) is 20.0 Å². The van der Waals surface area contributed by atoms with Gasteiger partial charge >= 0.3 is 5.69 Å². The van der Waals surface area contributed by atoms with E-state index in [9.17, 15) is 19.5 Å². The maximum Gasteiger partial charge on any atom is 0.329 e. The number of carbonyl (C=O) groups excluding carboxylic acids is 1. The molecule has 0 aliphatic rings. The number of fused-ring (bicyclic) bond motifs is 2. The molecule has 0 atom stereocenters. The molecule has 154 valence electrons. The lowest BCUT2D eigenvalue weighted by atomic mass is 10.2. The van der Waals surface area contributed by atoms with Gasteiger partial charge in [0.1, 0.15) is 6.54 Å². The molecule has 0 saturated heterocycles. The fourth-order valence-corrected chi connectivity index (χ4v) is 3.47. The van der Waals surface area contributed by atoms with E-state index in [0.717, 1.165) is 0 Å². The molecule has 0 aliphatic carbocycles. The lowest BCUT2D eigenvalue weighted by Crippen LogP contribution is -2.29. The van der Waals surface area contributed by atoms with E-state index in [0.29, 0.717) is 22.5 Å². The number of nitrogens with zero attached hydrogens (tertiary/aromatic N) is 6. The number of aryl methyl sites for hydroxylation is 2. The Morgan fingerprint density at radius 3 is 2.83 bits per heavy atom. The van der Waals surface area contributed by atoms with Gasteiger partial charge in [0.05, 0.1) is 11.8 Å². The number of rotatable bonds is 4. The molecule has 3 heterocycles. The Morgan fingerprint density at radius 1 is 1.33 bits per heavy atom. The molecule has 0 radical (unpaired) electrons. The lowest BCUT2D eigenvalue weighted by Gasteiger charge is -2.01. The SMILES string of the molecule is CCn1c(O)c(N=NC(=O)Cn2cnc3c2c(=O)[nH]c(=O)n3C)c2cc(Cl)ccc21. The molecular formula is C18H16ClN7O4. The monoisotopic (exact) mass is 429 g/mol. The van der Waals surface area contributed by atoms with Gasteiger partial charge in [0.25, 0.3) is 11.5 Å². The number of hydrogen-bond acceptors (Lipinski definition) is 6. The Labute approximate surface area is 172 Å². The number of H-pyrrole nitrogens is 1. The molecule has 4 aromatic rings. The predicted octanol–water partition coefficient (Wildman–Crippen LogP) is 2.07. The summed E-state index contributed by atoms with van der Waals surface area (Å²) in [5.74, 6) is -0.813. The Hall–Kier alpha value is -3.73. The zero-order chi connectivity index (χ0) is 21.6. The first kappa shape index (κ1) is 19.6. The van der Waals surface area contributed by atoms with Crippen molar-refractivity contribution in [3.63, 3.8) is 0 Å². The zero-order valence-corrected chi connectivity index (χ0v) is 16.7. The Morgan fingerprint density at radius 2 is 2.10 bits per heavy atom. The van der Waals surface area contributed by atoms with E-state index in [1.54, 1.807) is 22.8 Å². The number of imidazole rings is 1. The van der Waals surface area contributed by atoms with Crippen LogP contribution in [0.3, 0.4) is 0 Å². The number of aromatic hydroxyl groups is 1. The van der Waals surface area contributed by atoms with E-state index in [1.165, 1.54) is 22.5 Å². The van der Waals surface area contributed by atoms with Gasteiger partial charge in [-0.05, 0) is 25.1 Å². The second-order valence-corrected chi connectivity index (χ2v) is 6.97. The summed E-state index contributed by atoms with van der Waals surface area (Å²) in [7, 11) is 1.46. The van der Waals surface area contributed by atoms with Gasteiger partial charge in [-0.15, -0.1) is 10.2 Å². The number of aromatic amines is 1. The predicted molar refractivity (Wildman–Crippen MR) is 109 cm³/mol. The fraction of sp³-hybridized carbons (Fsp3) is 0.222. The molecule has 30 heavy (non-hydrogen) atoms. The van der Waals surface area contributed by atoms with E-state index in [4.69, 9.17) is 11.6 Å². The van der Waals surface area contributed by atoms with Crippen molar-refractivity contribution >= 4 is 45.3 Å². The van der Waals surface area contributed by atoms with Crippen LogP contribution in [0.1, 0.15) is 6.92 Å². The number of hydrogen-bond donors (Lipinski definition) is 2. The minimum Gasteiger partial charge on any atom is -0.493 e. The highest BCUT2D eigenvalue weighted by Crippen LogP contribution is 2.39. The van der Waals surface area contributed by atoms with Crippen molar-refractivity contribution in [3.8, 4) is 5.88 Å². The first-order valence-corrected chi connectivity index (χ1v) is 9.29. The van der Waals surface area contributed by atoms with Gasteiger partial charge in [0.15, 0.2) is 16.9 Å². The van der Waals surface area contributed by atoms with Gasteiger partial charge in [-0.2, -0.15) is 0 Å². The average Bonchev–Trinajstić information content (AvgIpc) is 3.23. The van der Waals surface area contributed by atoms with Crippen molar-refractivity contribution in [1.82, 2.24) is 23.7 Å². The highest BCUT2D eigenvalue weighted by atomic mass is 35.5. The number of amides is 1. The summed E-state index contributed by atoms with van der Waals surface area (Å²) in [6.07, 6.45) is 1.27. The summed E-state index contributed by atoms with van der Waals surface area (Å²) in [4.78, 5) is 42.3. The fourth-order valence-electron chi connectivity index (χ4n) is 3.30. The van der Waals surface area contributed by atoms with Gasteiger partial charge in [0, 0.05) is 24.0 Å². The molecule has 0 saturated carbocycles. The van der Waals surface area contributed by atoms with Crippen LogP contribution >= 0.6 is 11.6 Å². The van der Waals surface area contributed by atoms with E-state index >= 15 is 0 Å². The van der Waals surface area contributed by atoms with Gasteiger partial charge in [-0.25, -0.2) is 9.78 Å². The molecule has 1 amide bonds. The van der Waals surface area contributed by atoms with Crippen molar-refractivity contribution in [2.24, 2.45) is 17.3 Å². The molecule has 0 unspecified atom stereocenters. The van der Waals surface area contributed by atoms with Gasteiger partial charge in [-0.3, -0.25) is 19.1 Å². The zero-order valence-electron chi connectivity index (χ0n) is 16.0. The average molecular weight is 430 g/mol. The minimum atomic E-state index is -0.679. The number of nitrogens with one attached hydrogen (secondary N) is 1. The molecule has 3 aromatic heterocycles. The molecule has 12 heteroatoms. The summed E-state index contributed by atoms with van der Waals surface area (Å²) in [5.41, 5.74) is -0.226. The van der Waals surface area contributed by atoms with Crippen LogP contribution in [-0.4, -0.2) is 34.7 Å². The Bertz CT molecular complexity index is 1460. The van der Waals surface area contributed by atoms with E-state index in [1.807, 2.05) is 6.92 Å². The molecule has 2 N–H and O–H groups in total. The standard InChI is InChI=1S/C18H16ClN7O4/c1-3-26-11-5-4-9(19)6-10(11)13(17(26)29)23-22-12(27)7-25-8-20-15-14(25)16(28)21-18(30)24(15)2/h4-6,8,29H,3,7H2,1-2H3,(H,21,28,30). The number of carbonyl (C=O) groups is 1. The van der Waals surface area contributed by atoms with Gasteiger partial charge in [0.2, 0.25) is 5.88 Å². The van der Waals surface area contributed by atoms with E-state index in [-0.39, 0.29) is 29.3 Å². The number of aromatic nitrogens is 5. The van der Waals surface area contributed by atoms with Crippen LogP contribution in [0.4, 0.5) is 5.69 Å². The minimum absolute atomic E-state index is 0.0675. The van der Waals surface area contributed by atoms with Crippen LogP contribution in [-0.2, 0) is 24.9 Å². The topological polar surface area (TPSA) is 140 Å². The van der Waals surface area contributed by atoms with Crippen molar-refractivity contribution < 1.29 is 9.90 Å². The molecule has 11 nitrogen and oxygen atoms in total. The van der Waals surface area contributed by atoms with Gasteiger partial charge < -0.3 is 14.2 Å². The first-order valence-electron chi connectivity index (χ1n) is 8.91. The van der Waals surface area contributed by atoms with Crippen LogP contribution in [0.5, 0.6) is 5.88 Å². The summed E-state index contributed by atoms with van der Waals surface area (Å²) in [5, 5.41) is 19.1. The molecular weight excluding hydrogens is 414 g/mol. The maximum atomic E-state index is 12.4. The highest BCUT2D eigenvalue weighted by Gasteiger charge is 2.17. The third kappa shape index (κ3) is 3.08. The van der Waals surface area contributed by atoms with Crippen molar-refractivity contribution in [2.75, 3.05) is 0 Å². The molecule has 0 bridgehead atoms. The molecule has 1 aromatic carbocycles. The van der Waals surface area contributed by atoms with Crippen LogP contribution < -0.4 is 11.2 Å². The molecule has 0 aliphatic heterocycles. The van der Waals surface area contributed by atoms with E-state index < -0.39 is 17.2 Å². The number of benzene rings is 1. The van der Waals surface area contributed by atoms with Crippen LogP contribution in [0.2, 0.25) is 5.02 Å². The smallest absolute Gasteiger partial charge is 0.329 e. The third-order valence-electron chi connectivity index (χ3n) is 4.73. The third-order valence-corrected chi connectivity index (χ3v) is 4.97. The number of halogens is 1. The quantitative estimate of drug-likeness (QED) is 0.478. The first-order chi connectivity index (χ1) is 14.3. The van der Waals surface area contributed by atoms with Crippen LogP contribution in [0.25, 0.3) is 22.1 Å². The Balaban J connectivity index is 1.69. The van der Waals surface area contributed by atoms with Gasteiger partial charge in [-0.1, -0.05) is 11.6 Å². The Kier molecular flexibility index (Phi) is 4.74. The lowest BCUT2D eigenvalue weighted by molar-refractivity contribution is -0.118. The van der Waals surface area contributed by atoms with Crippen LogP contribution in [0, 0.1) is 0 Å². The summed E-state index contributed by atoms with van der Waals surface area (Å²) >= 11 is 6.05. The van der Waals surface area contributed by atoms with Crippen LogP contribution in [0.15, 0.2) is 44.3 Å². The summed E-state index contributed by atoms with van der Waals surface area (Å²) in [6.45, 7) is 2.01. The number of azo groups is 1. The second-order valence-electron chi connectivity index (χ2n) is 6.53. The largest absolute Gasteiger partial charge is 0.493 e. The summed E-state index contributed by atoms with van der Waals surface area (Å²) < 4.78 is 4.07. The molecule has 0 fully saturated rings. The van der Waals surface area contributed by atoms with Crippen molar-refractivity contribution in [3.05, 3.63) is 50.4 Å². The second kappa shape index (κ2) is 7.26. The normalized spacial score (nSPS) is 11.8. The maximum absolute atomic E-state index is 12.4.